The van der Waals surface area contributed by atoms with E-state index in [0.717, 1.165) is 57.1 Å². The van der Waals surface area contributed by atoms with E-state index in [1.807, 2.05) is 0 Å². The van der Waals surface area contributed by atoms with Gasteiger partial charge in [-0.15, -0.1) is 57.1 Å². The molecule has 5 aromatic heterocycles. The highest BCUT2D eigenvalue weighted by molar-refractivity contribution is 8.14. The van der Waals surface area contributed by atoms with Crippen LogP contribution in [0.4, 0.5) is 0 Å². The summed E-state index contributed by atoms with van der Waals surface area (Å²) < 4.78 is 6.26. The number of carbonyl (C=O) groups excluding carboxylic acids is 12. The van der Waals surface area contributed by atoms with Gasteiger partial charge in [-0.05, 0) is 85.8 Å². The van der Waals surface area contributed by atoms with Gasteiger partial charge in [-0.1, -0.05) is 58.2 Å². The molecule has 11 amide bonds. The fourth-order valence-electron chi connectivity index (χ4n) is 12.3. The number of nitrogens with two attached hydrogens (primary N) is 1. The lowest BCUT2D eigenvalue weighted by atomic mass is 9.80. The Hall–Kier alpha value is -10.5. The minimum Gasteiger partial charge on any atom is -0.455 e. The molecule has 0 spiro atoms. The first-order valence-corrected chi connectivity index (χ1v) is 40.1. The molecule has 0 unspecified atom stereocenters. The van der Waals surface area contributed by atoms with Gasteiger partial charge >= 0.3 is 5.97 Å². The van der Waals surface area contributed by atoms with Gasteiger partial charge in [0.2, 0.25) is 29.5 Å². The Morgan fingerprint density at radius 1 is 0.763 bits per heavy atom. The van der Waals surface area contributed by atoms with E-state index >= 15 is 14.4 Å². The molecule has 9 heterocycles. The van der Waals surface area contributed by atoms with Crippen molar-refractivity contribution >= 4 is 145 Å². The van der Waals surface area contributed by atoms with Crippen LogP contribution in [0, 0.1) is 5.92 Å². The number of pyridine rings is 1. The number of ether oxygens (including phenoxy) is 1. The summed E-state index contributed by atoms with van der Waals surface area (Å²) in [6.45, 7) is 24.9. The molecule has 4 aliphatic heterocycles. The summed E-state index contributed by atoms with van der Waals surface area (Å²) in [5.74, 6) is -12.2. The molecule has 606 valence electrons. The Kier molecular flexibility index (Phi) is 26.7. The zero-order valence-corrected chi connectivity index (χ0v) is 67.1. The molecular formula is C72H85N19O18S5. The molecule has 13 bridgehead atoms. The number of hydrogen-bond donors (Lipinski definition) is 17. The molecule has 0 saturated heterocycles. The van der Waals surface area contributed by atoms with Gasteiger partial charge in [0.25, 0.3) is 35.4 Å². The molecule has 10 rings (SSSR count). The molecule has 0 saturated carbocycles. The highest BCUT2D eigenvalue weighted by Crippen LogP contribution is 2.48. The van der Waals surface area contributed by atoms with Gasteiger partial charge in [0.1, 0.15) is 113 Å². The van der Waals surface area contributed by atoms with Crippen molar-refractivity contribution < 1.29 is 87.8 Å². The Bertz CT molecular complexity index is 4880. The Balaban J connectivity index is 1.18. The van der Waals surface area contributed by atoms with Gasteiger partial charge in [-0.2, -0.15) is 0 Å². The third kappa shape index (κ3) is 18.6. The van der Waals surface area contributed by atoms with Crippen molar-refractivity contribution in [3.63, 3.8) is 0 Å². The number of fused-ring (bicyclic) bond motifs is 7. The van der Waals surface area contributed by atoms with Crippen molar-refractivity contribution in [3.8, 4) is 0 Å². The van der Waals surface area contributed by atoms with Gasteiger partial charge < -0.3 is 89.2 Å². The average Bonchev–Trinajstić information content (AvgIpc) is 1.50. The Morgan fingerprint density at radius 3 is 2.12 bits per heavy atom. The number of nitrogens with one attached hydrogen (secondary N) is 11. The lowest BCUT2D eigenvalue weighted by Gasteiger charge is -2.41. The van der Waals surface area contributed by atoms with Crippen LogP contribution in [0.3, 0.4) is 0 Å². The van der Waals surface area contributed by atoms with E-state index in [0.29, 0.717) is 6.42 Å². The summed E-state index contributed by atoms with van der Waals surface area (Å²) in [7, 11) is 0. The van der Waals surface area contributed by atoms with E-state index in [4.69, 9.17) is 25.4 Å². The summed E-state index contributed by atoms with van der Waals surface area (Å²) in [4.78, 5) is 204. The molecule has 18 N–H and O–H groups in total. The van der Waals surface area contributed by atoms with Crippen molar-refractivity contribution in [2.24, 2.45) is 21.6 Å². The monoisotopic (exact) mass is 1660 g/mol. The zero-order valence-electron chi connectivity index (χ0n) is 63.0. The van der Waals surface area contributed by atoms with Crippen LogP contribution in [0.1, 0.15) is 203 Å². The number of nitrogens with zero attached hydrogens (tertiary/aromatic N) is 7. The largest absolute Gasteiger partial charge is 0.455 e. The minimum atomic E-state index is -2.21. The summed E-state index contributed by atoms with van der Waals surface area (Å²) in [6, 6.07) is -11.6. The number of aliphatic hydroxyl groups is 5. The number of cyclic esters (lactones) is 1. The van der Waals surface area contributed by atoms with Gasteiger partial charge in [0.05, 0.1) is 70.3 Å². The Labute approximate surface area is 671 Å². The van der Waals surface area contributed by atoms with Crippen LogP contribution < -0.4 is 64.2 Å². The standard InChI is InChI=1S/C72H85N19O18S5/c1-14-26(3)47-63(105)78-30(7)57(99)75-28(5)56(98)76-31(8)58(100)91-72-19-18-40(66-85-43(22-111-66)59(101)77-29(6)55(97)74-27(4)54(73)96)81-52(72)42-21-112-67(83-42)49(34(11)109-69(107)41-20-37(32(9)92)36-16-17-39(79-47)51(95)50(36)80-41)89-60(102)44-24-113-68(86-44)53(71(13,108)35(12)94)90-62(104)45-23-110-65(84-45)38(15-2)82-64(106)48(33(10)93)88-61(103)46-25-114-70(72)87-46/h15-17,20-22,24-26,30-35,39,45,47-49,51-53,79,92-95,108H,4-6,14,18-19,23H2,1-3,7-13H3,(H2,73,96)(H,74,97)(H,75,99)(H,76,98)(H,77,101)(H,78,105)(H,82,106)(H,88,103)(H,89,102)(H,90,104)(H,91,100)/b38-15+/t26-,30+,31+,32+,33-,34+,35+,39-,45-,47+,48-,49-,51-,52-,53-,71+,72-/m0/s1. The molecule has 42 heteroatoms. The smallest absolute Gasteiger partial charge is 0.357 e. The van der Waals surface area contributed by atoms with Crippen LogP contribution in [-0.2, 0) is 48.6 Å². The number of carbonyl (C=O) groups is 12. The summed E-state index contributed by atoms with van der Waals surface area (Å²) in [5.41, 5.74) is -1.79. The fourth-order valence-corrected chi connectivity index (χ4v) is 17.2. The molecule has 114 heavy (non-hydrogen) atoms. The number of hydrogen-bond acceptors (Lipinski definition) is 31. The predicted octanol–water partition coefficient (Wildman–Crippen LogP) is 0.774. The summed E-state index contributed by atoms with van der Waals surface area (Å²) in [5, 5.41) is 92.2. The maximum atomic E-state index is 15.4. The van der Waals surface area contributed by atoms with E-state index in [9.17, 15) is 68.7 Å². The van der Waals surface area contributed by atoms with Crippen LogP contribution in [-0.4, -0.2) is 198 Å². The Morgan fingerprint density at radius 2 is 1.45 bits per heavy atom. The van der Waals surface area contributed by atoms with Crippen molar-refractivity contribution in [2.45, 2.75) is 185 Å². The maximum Gasteiger partial charge on any atom is 0.357 e. The number of thiazole rings is 4. The molecule has 0 radical (unpaired) electrons. The number of aromatic nitrogens is 5. The summed E-state index contributed by atoms with van der Waals surface area (Å²) in [6.07, 6.45) is -3.18. The van der Waals surface area contributed by atoms with Gasteiger partial charge in [-0.3, -0.25) is 68.0 Å². The predicted molar refractivity (Wildman–Crippen MR) is 418 cm³/mol. The van der Waals surface area contributed by atoms with Crippen LogP contribution in [0.2, 0.25) is 0 Å². The lowest BCUT2D eigenvalue weighted by Crippen LogP contribution is -2.57. The topological polar surface area (TPSA) is 563 Å². The van der Waals surface area contributed by atoms with Gasteiger partial charge in [0.15, 0.2) is 0 Å². The second-order valence-corrected chi connectivity index (χ2v) is 32.3. The number of aliphatic hydroxyl groups excluding tert-OH is 4. The van der Waals surface area contributed by atoms with E-state index in [1.165, 1.54) is 88.2 Å². The third-order valence-electron chi connectivity index (χ3n) is 19.5. The molecule has 5 aliphatic rings. The highest BCUT2D eigenvalue weighted by atomic mass is 32.2. The molecule has 17 atom stereocenters. The van der Waals surface area contributed by atoms with E-state index in [1.54, 1.807) is 26.8 Å². The highest BCUT2D eigenvalue weighted by Gasteiger charge is 2.51. The first-order chi connectivity index (χ1) is 53.7. The van der Waals surface area contributed by atoms with Crippen LogP contribution in [0.5, 0.6) is 0 Å². The normalized spacial score (nSPS) is 26.9. The van der Waals surface area contributed by atoms with Crippen molar-refractivity contribution in [1.29, 1.82) is 0 Å². The van der Waals surface area contributed by atoms with E-state index < -0.39 is 196 Å². The molecule has 1 aliphatic carbocycles. The van der Waals surface area contributed by atoms with Crippen LogP contribution >= 0.6 is 57.1 Å². The fraction of sp³-hybridized carbons (Fsp3) is 0.431. The SMILES string of the molecule is C=C(NC(=O)C(=C)NC(=O)c1csc(C2=N[C@H]3c4csc(n4)[C@H]4NC(=O)c5csc(n5)[C@@H]([C@](C)(O)[C@@H](C)O)NC(=O)[C@@H]5CSC(=N5)/C(=C\C)NC(=O)[C@H]([C@H](C)O)NC(=O)c5csc(n5)[C@@]3(CC2)NC(=O)[C@@H](C)NC(=O)C(=C)NC(=O)[C@@H](C)NC(=O)[C@@H]([C@@H](C)CC)N[C@H]2C=Cc3c([C@@H](C)O)cc(nc3[C@H]2O)C(=O)O[C@@H]4C)n1)C(N)=O. The first kappa shape index (κ1) is 85.9. The molecule has 5 aromatic rings. The number of thioether (sulfide) groups is 1. The number of aliphatic imine (C=N–C) groups is 2. The molecule has 37 nitrogen and oxygen atoms in total. The second-order valence-electron chi connectivity index (χ2n) is 27.8. The first-order valence-electron chi connectivity index (χ1n) is 35.6. The number of amides is 11. The van der Waals surface area contributed by atoms with Crippen molar-refractivity contribution in [3.05, 3.63) is 148 Å². The number of primary amides is 1. The van der Waals surface area contributed by atoms with Crippen LogP contribution in [0.15, 0.2) is 92.2 Å². The van der Waals surface area contributed by atoms with Crippen molar-refractivity contribution in [1.82, 2.24) is 83.4 Å². The maximum absolute atomic E-state index is 15.4. The van der Waals surface area contributed by atoms with Crippen LogP contribution in [0.25, 0.3) is 6.08 Å². The van der Waals surface area contributed by atoms with E-state index in [-0.39, 0.29) is 94.7 Å². The number of rotatable bonds is 12. The number of esters is 1. The summed E-state index contributed by atoms with van der Waals surface area (Å²) >= 11 is 4.42. The van der Waals surface area contributed by atoms with Crippen molar-refractivity contribution in [2.75, 3.05) is 5.75 Å². The van der Waals surface area contributed by atoms with Gasteiger partial charge in [-0.25, -0.2) is 29.7 Å². The molecule has 0 fully saturated rings. The molecular weight excluding hydrogens is 1580 g/mol. The third-order valence-corrected chi connectivity index (χ3v) is 24.3. The quantitative estimate of drug-likeness (QED) is 0.0606. The minimum absolute atomic E-state index is 0.0158. The number of allylic oxidation sites excluding steroid dienone is 1. The lowest BCUT2D eigenvalue weighted by molar-refractivity contribution is -0.131. The molecule has 0 aromatic carbocycles. The second kappa shape index (κ2) is 35.5. The average molecular weight is 1660 g/mol. The van der Waals surface area contributed by atoms with E-state index in [2.05, 4.69) is 98.2 Å². The zero-order chi connectivity index (χ0) is 83.4. The van der Waals surface area contributed by atoms with Gasteiger partial charge in [0, 0.05) is 32.8 Å².